The fraction of sp³-hybridized carbons (Fsp3) is 0. The first kappa shape index (κ1) is 32.7. The third kappa shape index (κ3) is 4.06. The number of rotatable bonds is 3. The van der Waals surface area contributed by atoms with Crippen molar-refractivity contribution in [2.45, 2.75) is 0 Å². The van der Waals surface area contributed by atoms with Crippen LogP contribution < -0.4 is 16.4 Å². The molecule has 0 saturated heterocycles. The van der Waals surface area contributed by atoms with Gasteiger partial charge in [0.15, 0.2) is 98.9 Å². The Hall–Kier alpha value is -4.65. The second-order valence-corrected chi connectivity index (χ2v) is 9.14. The minimum absolute atomic E-state index is 2.47. The van der Waals surface area contributed by atoms with E-state index in [2.05, 4.69) is 0 Å². The van der Waals surface area contributed by atoms with E-state index in [1.54, 1.807) is 0 Å². The maximum atomic E-state index is 15.8. The topological polar surface area (TPSA) is 0 Å². The predicted octanol–water partition coefficient (Wildman–Crippen LogP) is 7.15. The lowest BCUT2D eigenvalue weighted by Crippen LogP contribution is -2.60. The second-order valence-electron chi connectivity index (χ2n) is 9.14. The minimum Gasteiger partial charge on any atom is -0.207 e. The minimum atomic E-state index is -4.26. The summed E-state index contributed by atoms with van der Waals surface area (Å²) in [5, 5.41) is -10.1. The lowest BCUT2D eigenvalue weighted by atomic mass is 9.35. The Morgan fingerprint density at radius 3 is 0.609 bits per heavy atom. The molecule has 0 nitrogen and oxygen atoms in total. The molecule has 5 aromatic rings. The molecule has 0 bridgehead atoms. The fourth-order valence-electron chi connectivity index (χ4n) is 4.82. The van der Waals surface area contributed by atoms with Gasteiger partial charge in [-0.3, -0.25) is 0 Å². The highest BCUT2D eigenvalue weighted by Crippen LogP contribution is 2.34. The van der Waals surface area contributed by atoms with E-state index in [0.29, 0.717) is 0 Å². The van der Waals surface area contributed by atoms with E-state index in [-0.39, 0.29) is 0 Å². The van der Waals surface area contributed by atoms with Crippen LogP contribution in [0.1, 0.15) is 0 Å². The van der Waals surface area contributed by atoms with Gasteiger partial charge in [-0.2, -0.15) is 0 Å². The molecule has 46 heavy (non-hydrogen) atoms. The van der Waals surface area contributed by atoms with Crippen LogP contribution >= 0.6 is 0 Å². The molecule has 5 rings (SSSR count). The van der Waals surface area contributed by atoms with E-state index >= 15 is 35.1 Å². The first-order valence-corrected chi connectivity index (χ1v) is 11.5. The lowest BCUT2D eigenvalue weighted by Gasteiger charge is -2.23. The van der Waals surface area contributed by atoms with Crippen LogP contribution in [0.25, 0.3) is 21.5 Å². The van der Waals surface area contributed by atoms with Crippen molar-refractivity contribution in [3.63, 3.8) is 0 Å². The Labute approximate surface area is 239 Å². The average molecular weight is 684 g/mol. The average Bonchev–Trinajstić information content (AvgIpc) is 3.01. The van der Waals surface area contributed by atoms with Crippen molar-refractivity contribution >= 4 is 44.6 Å². The van der Waals surface area contributed by atoms with E-state index in [4.69, 9.17) is 0 Å². The third-order valence-electron chi connectivity index (χ3n) is 6.85. The molecule has 0 aliphatic carbocycles. The predicted molar refractivity (Wildman–Crippen MR) is 118 cm³/mol. The largest absolute Gasteiger partial charge is 0.264 e. The maximum absolute atomic E-state index is 15.8. The molecule has 20 heteroatoms. The molecule has 0 fully saturated rings. The first-order valence-electron chi connectivity index (χ1n) is 11.5. The molecule has 0 atom stereocenters. The Morgan fingerprint density at radius 1 is 0.174 bits per heavy atom. The van der Waals surface area contributed by atoms with Crippen LogP contribution in [0.5, 0.6) is 0 Å². The molecule has 0 spiro atoms. The highest BCUT2D eigenvalue weighted by Gasteiger charge is 2.45. The molecule has 0 saturated carbocycles. The molecule has 0 aliphatic heterocycles. The summed E-state index contributed by atoms with van der Waals surface area (Å²) in [6.07, 6.45) is 0. The van der Waals surface area contributed by atoms with Gasteiger partial charge in [0.05, 0.1) is 21.5 Å². The molecule has 0 radical (unpaired) electrons. The van der Waals surface area contributed by atoms with Crippen molar-refractivity contribution in [2.24, 2.45) is 0 Å². The summed E-state index contributed by atoms with van der Waals surface area (Å²) in [6.45, 7) is -4.26. The van der Waals surface area contributed by atoms with Gasteiger partial charge < -0.3 is 0 Å². The van der Waals surface area contributed by atoms with E-state index in [9.17, 15) is 48.3 Å². The molecule has 0 amide bonds. The molecule has 5 aromatic carbocycles. The van der Waals surface area contributed by atoms with Crippen molar-refractivity contribution in [1.29, 1.82) is 0 Å². The zero-order valence-electron chi connectivity index (χ0n) is 20.8. The normalized spacial score (nSPS) is 11.8. The highest BCUT2D eigenvalue weighted by atomic mass is 19.2. The van der Waals surface area contributed by atoms with Gasteiger partial charge in [0.2, 0.25) is 0 Å². The smallest absolute Gasteiger partial charge is 0.207 e. The summed E-state index contributed by atoms with van der Waals surface area (Å²) in [5.74, 6) is -58.4. The summed E-state index contributed by atoms with van der Waals surface area (Å²) in [4.78, 5) is 0. The van der Waals surface area contributed by atoms with E-state index < -0.39 is 155 Å². The lowest BCUT2D eigenvalue weighted by molar-refractivity contribution is 0.384. The molecule has 240 valence electrons. The number of halogens is 19. The van der Waals surface area contributed by atoms with Crippen molar-refractivity contribution < 1.29 is 83.4 Å². The summed E-state index contributed by atoms with van der Waals surface area (Å²) in [7, 11) is 0. The molecule has 0 aromatic heterocycles. The van der Waals surface area contributed by atoms with Gasteiger partial charge in [-0.15, -0.1) is 0 Å². The van der Waals surface area contributed by atoms with Gasteiger partial charge in [-0.25, -0.2) is 83.4 Å². The van der Waals surface area contributed by atoms with E-state index in [1.807, 2.05) is 0 Å². The summed E-state index contributed by atoms with van der Waals surface area (Å²) in [6, 6.07) is 0. The Morgan fingerprint density at radius 2 is 0.326 bits per heavy atom. The quantitative estimate of drug-likeness (QED) is 0.0821. The number of benzene rings is 5. The maximum Gasteiger partial charge on any atom is 0.264 e. The molecule has 0 N–H and O–H groups in total. The monoisotopic (exact) mass is 684 g/mol. The third-order valence-corrected chi connectivity index (χ3v) is 6.85. The van der Waals surface area contributed by atoms with Gasteiger partial charge in [0.25, 0.3) is 6.71 Å². The van der Waals surface area contributed by atoms with Gasteiger partial charge in [0, 0.05) is 16.4 Å². The van der Waals surface area contributed by atoms with Crippen molar-refractivity contribution in [1.82, 2.24) is 0 Å². The Bertz CT molecular complexity index is 2060. The van der Waals surface area contributed by atoms with Crippen molar-refractivity contribution in [3.05, 3.63) is 111 Å². The molecular formula is C26BF19. The Kier molecular flexibility index (Phi) is 7.63. The van der Waals surface area contributed by atoms with E-state index in [1.165, 1.54) is 0 Å². The first-order chi connectivity index (χ1) is 21.3. The SMILES string of the molecule is Fc1c(F)c(F)c(B(c2c(F)c(F)c3c(F)c(F)c(F)c(F)c3c2F)c2c(F)c(F)c3c(F)c(F)c(F)c(F)c3c2F)c(F)c1F. The molecule has 0 unspecified atom stereocenters. The number of hydrogen-bond acceptors (Lipinski definition) is 0. The van der Waals surface area contributed by atoms with Crippen LogP contribution in [-0.4, -0.2) is 6.71 Å². The molecule has 0 aliphatic rings. The number of hydrogen-bond donors (Lipinski definition) is 0. The molecule has 0 heterocycles. The summed E-state index contributed by atoms with van der Waals surface area (Å²) < 4.78 is 278. The van der Waals surface area contributed by atoms with Gasteiger partial charge in [-0.05, 0) is 0 Å². The summed E-state index contributed by atoms with van der Waals surface area (Å²) >= 11 is 0. The van der Waals surface area contributed by atoms with Gasteiger partial charge >= 0.3 is 0 Å². The van der Waals surface area contributed by atoms with Crippen LogP contribution in [0, 0.1) is 111 Å². The van der Waals surface area contributed by atoms with Crippen LogP contribution in [0.3, 0.4) is 0 Å². The Balaban J connectivity index is 2.14. The van der Waals surface area contributed by atoms with E-state index in [0.717, 1.165) is 0 Å². The number of fused-ring (bicyclic) bond motifs is 2. The fourth-order valence-corrected chi connectivity index (χ4v) is 4.82. The standard InChI is InChI=1S/C26BF19/c28-8-1-3(14(34)22(42)20(40)12(1)32)10(30)16(36)5(8)27(7-18(38)24(44)26(46)25(45)19(7)39)6-9(29)2-4(11(31)17(6)37)15(35)23(43)21(41)13(2)33. The van der Waals surface area contributed by atoms with Crippen LogP contribution in [0.4, 0.5) is 83.4 Å². The zero-order valence-corrected chi connectivity index (χ0v) is 20.8. The van der Waals surface area contributed by atoms with Crippen molar-refractivity contribution in [2.75, 3.05) is 0 Å². The van der Waals surface area contributed by atoms with Crippen molar-refractivity contribution in [3.8, 4) is 0 Å². The van der Waals surface area contributed by atoms with Crippen LogP contribution in [0.2, 0.25) is 0 Å². The van der Waals surface area contributed by atoms with Crippen LogP contribution in [0.15, 0.2) is 0 Å². The van der Waals surface area contributed by atoms with Gasteiger partial charge in [-0.1, -0.05) is 0 Å². The second kappa shape index (κ2) is 10.7. The van der Waals surface area contributed by atoms with Crippen LogP contribution in [-0.2, 0) is 0 Å². The zero-order chi connectivity index (χ0) is 34.6. The highest BCUT2D eigenvalue weighted by molar-refractivity contribution is 6.96. The molecular weight excluding hydrogens is 684 g/mol. The summed E-state index contributed by atoms with van der Waals surface area (Å²) in [5.41, 5.74) is -8.61. The van der Waals surface area contributed by atoms with Gasteiger partial charge in [0.1, 0.15) is 11.6 Å².